The summed E-state index contributed by atoms with van der Waals surface area (Å²) in [6, 6.07) is 4.05. The second kappa shape index (κ2) is 5.01. The highest BCUT2D eigenvalue weighted by Gasteiger charge is 2.15. The summed E-state index contributed by atoms with van der Waals surface area (Å²) >= 11 is 9.88. The van der Waals surface area contributed by atoms with Crippen LogP contribution in [0.15, 0.2) is 16.6 Å². The summed E-state index contributed by atoms with van der Waals surface area (Å²) in [4.78, 5) is 0. The van der Waals surface area contributed by atoms with Crippen molar-refractivity contribution in [3.05, 3.63) is 32.9 Å². The third-order valence-corrected chi connectivity index (χ3v) is 4.50. The molecule has 0 saturated carbocycles. The number of aryl methyl sites for hydroxylation is 2. The van der Waals surface area contributed by atoms with Gasteiger partial charge in [0.25, 0.3) is 0 Å². The van der Waals surface area contributed by atoms with Crippen LogP contribution in [0.5, 0.6) is 0 Å². The predicted molar refractivity (Wildman–Crippen MR) is 78.0 cm³/mol. The van der Waals surface area contributed by atoms with E-state index in [0.717, 1.165) is 23.6 Å². The van der Waals surface area contributed by atoms with E-state index in [2.05, 4.69) is 45.9 Å². The molecule has 1 aromatic heterocycles. The van der Waals surface area contributed by atoms with Crippen LogP contribution in [0, 0.1) is 6.92 Å². The van der Waals surface area contributed by atoms with E-state index in [1.54, 1.807) is 0 Å². The number of hydrogen-bond donors (Lipinski definition) is 1. The Balaban J connectivity index is 2.67. The van der Waals surface area contributed by atoms with Gasteiger partial charge in [-0.15, -0.1) is 0 Å². The van der Waals surface area contributed by atoms with Gasteiger partial charge in [-0.3, -0.25) is 0 Å². The molecule has 0 fully saturated rings. The normalized spacial score (nSPS) is 11.4. The molecular formula is C13H16BrClN2. The standard InChI is InChI=1S/C13H16BrClN2/c1-8-10(15)5-4-9-12(14)11(6-7-16-2)17(3)13(8)9/h4-5,16H,6-7H2,1-3H3. The number of aromatic nitrogens is 1. The first-order valence-corrected chi connectivity index (χ1v) is 6.81. The number of nitrogens with zero attached hydrogens (tertiary/aromatic N) is 1. The highest BCUT2D eigenvalue weighted by Crippen LogP contribution is 2.35. The molecule has 2 nitrogen and oxygen atoms in total. The Bertz CT molecular complexity index is 560. The van der Waals surface area contributed by atoms with Crippen molar-refractivity contribution in [1.82, 2.24) is 9.88 Å². The van der Waals surface area contributed by atoms with Gasteiger partial charge in [-0.05, 0) is 41.5 Å². The topological polar surface area (TPSA) is 17.0 Å². The minimum Gasteiger partial charge on any atom is -0.346 e. The Morgan fingerprint density at radius 3 is 2.76 bits per heavy atom. The summed E-state index contributed by atoms with van der Waals surface area (Å²) in [7, 11) is 4.07. The van der Waals surface area contributed by atoms with Gasteiger partial charge in [0.2, 0.25) is 0 Å². The molecule has 1 aromatic carbocycles. The first-order valence-electron chi connectivity index (χ1n) is 5.64. The van der Waals surface area contributed by atoms with Crippen molar-refractivity contribution in [3.63, 3.8) is 0 Å². The molecule has 0 radical (unpaired) electrons. The van der Waals surface area contributed by atoms with Crippen LogP contribution in [0.1, 0.15) is 11.3 Å². The fourth-order valence-electron chi connectivity index (χ4n) is 2.24. The third-order valence-electron chi connectivity index (χ3n) is 3.21. The first kappa shape index (κ1) is 12.9. The number of nitrogens with one attached hydrogen (secondary N) is 1. The summed E-state index contributed by atoms with van der Waals surface area (Å²) in [5, 5.41) is 5.24. The van der Waals surface area contributed by atoms with Crippen LogP contribution in [0.3, 0.4) is 0 Å². The van der Waals surface area contributed by atoms with Gasteiger partial charge in [0, 0.05) is 40.6 Å². The lowest BCUT2D eigenvalue weighted by molar-refractivity contribution is 0.743. The lowest BCUT2D eigenvalue weighted by atomic mass is 10.1. The number of benzene rings is 1. The molecule has 17 heavy (non-hydrogen) atoms. The summed E-state index contributed by atoms with van der Waals surface area (Å²) in [6.45, 7) is 3.04. The number of likely N-dealkylation sites (N-methyl/N-ethyl adjacent to an activating group) is 1. The lowest BCUT2D eigenvalue weighted by Gasteiger charge is -2.06. The zero-order valence-corrected chi connectivity index (χ0v) is 12.6. The molecule has 0 aliphatic rings. The minimum absolute atomic E-state index is 0.825. The molecule has 0 saturated heterocycles. The van der Waals surface area contributed by atoms with E-state index in [4.69, 9.17) is 11.6 Å². The average molecular weight is 316 g/mol. The molecule has 2 aromatic rings. The molecule has 0 atom stereocenters. The van der Waals surface area contributed by atoms with E-state index in [0.29, 0.717) is 0 Å². The molecule has 0 unspecified atom stereocenters. The maximum atomic E-state index is 6.18. The molecule has 4 heteroatoms. The second-order valence-electron chi connectivity index (χ2n) is 4.24. The van der Waals surface area contributed by atoms with Crippen LogP contribution in [0.4, 0.5) is 0 Å². The van der Waals surface area contributed by atoms with Crippen LogP contribution in [0.25, 0.3) is 10.9 Å². The fourth-order valence-corrected chi connectivity index (χ4v) is 3.18. The first-order chi connectivity index (χ1) is 8.07. The zero-order valence-electron chi connectivity index (χ0n) is 10.3. The molecule has 1 N–H and O–H groups in total. The summed E-state index contributed by atoms with van der Waals surface area (Å²) in [5.41, 5.74) is 3.67. The van der Waals surface area contributed by atoms with Crippen LogP contribution < -0.4 is 5.32 Å². The van der Waals surface area contributed by atoms with E-state index >= 15 is 0 Å². The van der Waals surface area contributed by atoms with Gasteiger partial charge < -0.3 is 9.88 Å². The zero-order chi connectivity index (χ0) is 12.6. The maximum absolute atomic E-state index is 6.18. The molecule has 1 heterocycles. The minimum atomic E-state index is 0.825. The number of fused-ring (bicyclic) bond motifs is 1. The van der Waals surface area contributed by atoms with E-state index in [-0.39, 0.29) is 0 Å². The Morgan fingerprint density at radius 1 is 1.41 bits per heavy atom. The highest BCUT2D eigenvalue weighted by molar-refractivity contribution is 9.10. The average Bonchev–Trinajstić information content (AvgIpc) is 2.55. The van der Waals surface area contributed by atoms with E-state index in [1.165, 1.54) is 21.1 Å². The molecule has 92 valence electrons. The largest absolute Gasteiger partial charge is 0.346 e. The Kier molecular flexibility index (Phi) is 3.81. The van der Waals surface area contributed by atoms with Crippen molar-refractivity contribution in [3.8, 4) is 0 Å². The monoisotopic (exact) mass is 314 g/mol. The van der Waals surface area contributed by atoms with Crippen molar-refractivity contribution in [2.24, 2.45) is 7.05 Å². The number of hydrogen-bond acceptors (Lipinski definition) is 1. The van der Waals surface area contributed by atoms with Gasteiger partial charge in [-0.2, -0.15) is 0 Å². The summed E-state index contributed by atoms with van der Waals surface area (Å²) < 4.78 is 3.42. The van der Waals surface area contributed by atoms with E-state index < -0.39 is 0 Å². The van der Waals surface area contributed by atoms with Crippen molar-refractivity contribution in [2.75, 3.05) is 13.6 Å². The van der Waals surface area contributed by atoms with E-state index in [1.807, 2.05) is 13.1 Å². The van der Waals surface area contributed by atoms with Gasteiger partial charge in [-0.25, -0.2) is 0 Å². The molecule has 2 rings (SSSR count). The Morgan fingerprint density at radius 2 is 2.12 bits per heavy atom. The number of rotatable bonds is 3. The van der Waals surface area contributed by atoms with Crippen LogP contribution in [-0.2, 0) is 13.5 Å². The maximum Gasteiger partial charge on any atom is 0.0536 e. The Hall–Kier alpha value is -0.510. The van der Waals surface area contributed by atoms with Crippen molar-refractivity contribution >= 4 is 38.4 Å². The molecule has 0 aliphatic carbocycles. The van der Waals surface area contributed by atoms with Gasteiger partial charge >= 0.3 is 0 Å². The lowest BCUT2D eigenvalue weighted by Crippen LogP contribution is -2.12. The molecular weight excluding hydrogens is 300 g/mol. The highest BCUT2D eigenvalue weighted by atomic mass is 79.9. The Labute approximate surface area is 115 Å². The van der Waals surface area contributed by atoms with Crippen LogP contribution in [-0.4, -0.2) is 18.2 Å². The summed E-state index contributed by atoms with van der Waals surface area (Å²) in [6.07, 6.45) is 0.999. The third kappa shape index (κ3) is 2.12. The van der Waals surface area contributed by atoms with E-state index in [9.17, 15) is 0 Å². The summed E-state index contributed by atoms with van der Waals surface area (Å²) in [5.74, 6) is 0. The molecule has 0 amide bonds. The molecule has 0 spiro atoms. The predicted octanol–water partition coefficient (Wildman–Crippen LogP) is 3.66. The number of halogens is 2. The molecule has 0 bridgehead atoms. The molecule has 0 aliphatic heterocycles. The quantitative estimate of drug-likeness (QED) is 0.914. The fraction of sp³-hybridized carbons (Fsp3) is 0.385. The van der Waals surface area contributed by atoms with Gasteiger partial charge in [-0.1, -0.05) is 17.7 Å². The SMILES string of the molecule is CNCCc1c(Br)c2ccc(Cl)c(C)c2n1C. The van der Waals surface area contributed by atoms with Crippen molar-refractivity contribution < 1.29 is 0 Å². The van der Waals surface area contributed by atoms with Gasteiger partial charge in [0.05, 0.1) is 5.52 Å². The van der Waals surface area contributed by atoms with Crippen LogP contribution >= 0.6 is 27.5 Å². The van der Waals surface area contributed by atoms with Crippen LogP contribution in [0.2, 0.25) is 5.02 Å². The van der Waals surface area contributed by atoms with Gasteiger partial charge in [0.1, 0.15) is 0 Å². The smallest absolute Gasteiger partial charge is 0.0536 e. The van der Waals surface area contributed by atoms with Crippen molar-refractivity contribution in [1.29, 1.82) is 0 Å². The van der Waals surface area contributed by atoms with Gasteiger partial charge in [0.15, 0.2) is 0 Å². The second-order valence-corrected chi connectivity index (χ2v) is 5.44. The van der Waals surface area contributed by atoms with Crippen molar-refractivity contribution in [2.45, 2.75) is 13.3 Å².